The summed E-state index contributed by atoms with van der Waals surface area (Å²) in [5, 5.41) is -0.167. The molecule has 0 bridgehead atoms. The van der Waals surface area contributed by atoms with Crippen LogP contribution in [-0.2, 0) is 10.0 Å². The Morgan fingerprint density at radius 1 is 1.10 bits per heavy atom. The van der Waals surface area contributed by atoms with Gasteiger partial charge in [0.15, 0.2) is 10.3 Å². The van der Waals surface area contributed by atoms with Crippen molar-refractivity contribution in [2.45, 2.75) is 4.90 Å². The Morgan fingerprint density at radius 3 is 2.25 bits per heavy atom. The lowest BCUT2D eigenvalue weighted by Crippen LogP contribution is -2.14. The molecule has 106 valence electrons. The Morgan fingerprint density at radius 2 is 1.70 bits per heavy atom. The van der Waals surface area contributed by atoms with E-state index in [1.165, 1.54) is 12.1 Å². The highest BCUT2D eigenvalue weighted by atomic mass is 79.9. The van der Waals surface area contributed by atoms with Crippen molar-refractivity contribution < 1.29 is 8.42 Å². The largest absolute Gasteiger partial charge is 0.274 e. The van der Waals surface area contributed by atoms with Crippen molar-refractivity contribution in [1.82, 2.24) is 9.97 Å². The lowest BCUT2D eigenvalue weighted by molar-refractivity contribution is 0.601. The predicted molar refractivity (Wildman–Crippen MR) is 82.0 cm³/mol. The fourth-order valence-corrected chi connectivity index (χ4v) is 3.95. The van der Waals surface area contributed by atoms with E-state index in [1.54, 1.807) is 6.07 Å². The molecule has 1 heterocycles. The minimum absolute atomic E-state index is 0.0518. The van der Waals surface area contributed by atoms with Gasteiger partial charge < -0.3 is 0 Å². The number of benzene rings is 1. The van der Waals surface area contributed by atoms with Crippen LogP contribution >= 0.6 is 50.7 Å². The van der Waals surface area contributed by atoms with E-state index in [2.05, 4.69) is 30.6 Å². The zero-order valence-electron chi connectivity index (χ0n) is 9.44. The number of aromatic nitrogens is 2. The molecular weight excluding hydrogens is 412 g/mol. The average molecular weight is 417 g/mol. The molecule has 10 heteroatoms. The number of anilines is 1. The Balaban J connectivity index is 2.46. The molecule has 5 nitrogen and oxygen atoms in total. The van der Waals surface area contributed by atoms with E-state index in [1.807, 2.05) is 0 Å². The number of nitrogens with one attached hydrogen (secondary N) is 1. The standard InChI is InChI=1S/C10H5BrCl3N3O2S/c11-5-1-2-7(6(12)3-5)20(18,19)17-8-9(13)15-4-16-10(8)14/h1-4,17H. The molecule has 1 aromatic heterocycles. The Hall–Kier alpha value is -0.600. The highest BCUT2D eigenvalue weighted by Gasteiger charge is 2.21. The summed E-state index contributed by atoms with van der Waals surface area (Å²) in [5.74, 6) is 0. The van der Waals surface area contributed by atoms with E-state index in [0.717, 1.165) is 6.33 Å². The normalized spacial score (nSPS) is 11.4. The minimum atomic E-state index is -3.96. The van der Waals surface area contributed by atoms with Crippen molar-refractivity contribution in [3.63, 3.8) is 0 Å². The summed E-state index contributed by atoms with van der Waals surface area (Å²) >= 11 is 20.7. The molecule has 0 fully saturated rings. The number of halogens is 4. The lowest BCUT2D eigenvalue weighted by Gasteiger charge is -2.11. The van der Waals surface area contributed by atoms with Gasteiger partial charge in [-0.1, -0.05) is 50.7 Å². The molecule has 2 rings (SSSR count). The zero-order chi connectivity index (χ0) is 14.9. The van der Waals surface area contributed by atoms with E-state index >= 15 is 0 Å². The first-order valence-electron chi connectivity index (χ1n) is 4.95. The van der Waals surface area contributed by atoms with E-state index < -0.39 is 10.0 Å². The van der Waals surface area contributed by atoms with Gasteiger partial charge in [-0.3, -0.25) is 4.72 Å². The van der Waals surface area contributed by atoms with Gasteiger partial charge in [-0.15, -0.1) is 0 Å². The lowest BCUT2D eigenvalue weighted by atomic mass is 10.4. The molecule has 0 spiro atoms. The van der Waals surface area contributed by atoms with Crippen LogP contribution in [0.2, 0.25) is 15.3 Å². The summed E-state index contributed by atoms with van der Waals surface area (Å²) in [6.45, 7) is 0. The maximum atomic E-state index is 12.3. The third-order valence-electron chi connectivity index (χ3n) is 2.17. The first-order chi connectivity index (χ1) is 9.31. The van der Waals surface area contributed by atoms with E-state index in [-0.39, 0.29) is 25.9 Å². The molecule has 0 aliphatic carbocycles. The van der Waals surface area contributed by atoms with Gasteiger partial charge in [0.25, 0.3) is 10.0 Å². The predicted octanol–water partition coefficient (Wildman–Crippen LogP) is 4.00. The van der Waals surface area contributed by atoms with Gasteiger partial charge in [0, 0.05) is 4.47 Å². The molecule has 0 atom stereocenters. The molecular formula is C10H5BrCl3N3O2S. The van der Waals surface area contributed by atoms with Crippen LogP contribution in [0, 0.1) is 0 Å². The summed E-state index contributed by atoms with van der Waals surface area (Å²) in [6.07, 6.45) is 1.12. The van der Waals surface area contributed by atoms with Gasteiger partial charge >= 0.3 is 0 Å². The summed E-state index contributed by atoms with van der Waals surface area (Å²) in [6, 6.07) is 4.35. The average Bonchev–Trinajstić information content (AvgIpc) is 2.33. The Kier molecular flexibility index (Phi) is 4.76. The van der Waals surface area contributed by atoms with Gasteiger partial charge in [-0.25, -0.2) is 18.4 Å². The zero-order valence-corrected chi connectivity index (χ0v) is 14.1. The molecule has 0 saturated carbocycles. The summed E-state index contributed by atoms with van der Waals surface area (Å²) in [4.78, 5) is 7.20. The molecule has 1 N–H and O–H groups in total. The van der Waals surface area contributed by atoms with Crippen molar-refractivity contribution in [3.05, 3.63) is 44.3 Å². The first-order valence-corrected chi connectivity index (χ1v) is 8.36. The number of sulfonamides is 1. The van der Waals surface area contributed by atoms with Crippen LogP contribution in [0.4, 0.5) is 5.69 Å². The molecule has 0 radical (unpaired) electrons. The van der Waals surface area contributed by atoms with Crippen molar-refractivity contribution in [3.8, 4) is 0 Å². The van der Waals surface area contributed by atoms with E-state index in [4.69, 9.17) is 34.8 Å². The second kappa shape index (κ2) is 6.03. The monoisotopic (exact) mass is 415 g/mol. The van der Waals surface area contributed by atoms with Crippen molar-refractivity contribution >= 4 is 66.4 Å². The van der Waals surface area contributed by atoms with Crippen LogP contribution in [0.25, 0.3) is 0 Å². The van der Waals surface area contributed by atoms with E-state index in [0.29, 0.717) is 4.47 Å². The third kappa shape index (κ3) is 3.35. The highest BCUT2D eigenvalue weighted by molar-refractivity contribution is 9.10. The minimum Gasteiger partial charge on any atom is -0.274 e. The quantitative estimate of drug-likeness (QED) is 0.767. The fraction of sp³-hybridized carbons (Fsp3) is 0. The van der Waals surface area contributed by atoms with Gasteiger partial charge in [-0.2, -0.15) is 0 Å². The summed E-state index contributed by atoms with van der Waals surface area (Å²) in [5.41, 5.74) is -0.102. The van der Waals surface area contributed by atoms with Crippen LogP contribution in [0.5, 0.6) is 0 Å². The Labute approximate surface area is 138 Å². The summed E-state index contributed by atoms with van der Waals surface area (Å²) in [7, 11) is -3.96. The fourth-order valence-electron chi connectivity index (χ4n) is 1.31. The third-order valence-corrected chi connectivity index (χ3v) is 5.07. The molecule has 2 aromatic rings. The van der Waals surface area contributed by atoms with Crippen LogP contribution in [0.15, 0.2) is 33.9 Å². The maximum Gasteiger partial charge on any atom is 0.263 e. The number of hydrogen-bond donors (Lipinski definition) is 1. The first kappa shape index (κ1) is 15.8. The molecule has 0 unspecified atom stereocenters. The van der Waals surface area contributed by atoms with Gasteiger partial charge in [0.2, 0.25) is 0 Å². The second-order valence-corrected chi connectivity index (χ2v) is 7.20. The number of nitrogens with zero attached hydrogens (tertiary/aromatic N) is 2. The molecule has 20 heavy (non-hydrogen) atoms. The summed E-state index contributed by atoms with van der Waals surface area (Å²) < 4.78 is 27.4. The van der Waals surface area contributed by atoms with Crippen LogP contribution in [-0.4, -0.2) is 18.4 Å². The van der Waals surface area contributed by atoms with E-state index in [9.17, 15) is 8.42 Å². The number of rotatable bonds is 3. The van der Waals surface area contributed by atoms with Crippen LogP contribution < -0.4 is 4.72 Å². The van der Waals surface area contributed by atoms with Crippen molar-refractivity contribution in [2.24, 2.45) is 0 Å². The topological polar surface area (TPSA) is 72.0 Å². The van der Waals surface area contributed by atoms with Crippen LogP contribution in [0.3, 0.4) is 0 Å². The van der Waals surface area contributed by atoms with Crippen LogP contribution in [0.1, 0.15) is 0 Å². The maximum absolute atomic E-state index is 12.3. The molecule has 0 aliphatic rings. The highest BCUT2D eigenvalue weighted by Crippen LogP contribution is 2.31. The van der Waals surface area contributed by atoms with Gasteiger partial charge in [-0.05, 0) is 18.2 Å². The van der Waals surface area contributed by atoms with Gasteiger partial charge in [0.1, 0.15) is 16.9 Å². The number of hydrogen-bond acceptors (Lipinski definition) is 4. The smallest absolute Gasteiger partial charge is 0.263 e. The molecule has 0 amide bonds. The second-order valence-electron chi connectivity index (χ2n) is 3.51. The SMILES string of the molecule is O=S(=O)(Nc1c(Cl)ncnc1Cl)c1ccc(Br)cc1Cl. The van der Waals surface area contributed by atoms with Gasteiger partial charge in [0.05, 0.1) is 5.02 Å². The van der Waals surface area contributed by atoms with Crippen molar-refractivity contribution in [2.75, 3.05) is 4.72 Å². The molecule has 1 aromatic carbocycles. The van der Waals surface area contributed by atoms with Crippen molar-refractivity contribution in [1.29, 1.82) is 0 Å². The molecule has 0 saturated heterocycles. The Bertz CT molecular complexity index is 750. The molecule has 0 aliphatic heterocycles.